The lowest BCUT2D eigenvalue weighted by molar-refractivity contribution is 0.286. The van der Waals surface area contributed by atoms with E-state index in [0.717, 1.165) is 32.4 Å². The molecule has 0 bridgehead atoms. The predicted molar refractivity (Wildman–Crippen MR) is 94.2 cm³/mol. The van der Waals surface area contributed by atoms with E-state index in [1.165, 1.54) is 11.3 Å². The first kappa shape index (κ1) is 15.9. The minimum atomic E-state index is -0.0594. The molecule has 0 fully saturated rings. The molecule has 3 aromatic rings. The molecule has 2 heterocycles. The van der Waals surface area contributed by atoms with E-state index in [9.17, 15) is 5.11 Å². The first-order chi connectivity index (χ1) is 11.2. The van der Waals surface area contributed by atoms with Crippen molar-refractivity contribution >= 4 is 34.2 Å². The number of benzene rings is 1. The Hall–Kier alpha value is -1.93. The van der Waals surface area contributed by atoms with Crippen molar-refractivity contribution in [1.29, 1.82) is 0 Å². The van der Waals surface area contributed by atoms with Crippen molar-refractivity contribution < 1.29 is 9.66 Å². The van der Waals surface area contributed by atoms with Gasteiger partial charge in [-0.25, -0.2) is 4.98 Å². The molecule has 5 nitrogen and oxygen atoms in total. The van der Waals surface area contributed by atoms with Crippen LogP contribution in [0.4, 0.5) is 10.8 Å². The lowest BCUT2D eigenvalue weighted by Crippen LogP contribution is -1.90. The number of nitrogens with zero attached hydrogens (tertiary/aromatic N) is 2. The standard InChI is InChI=1S/C16H15N3O2S2/c1-10-8-11(6-7-17-10)15-14(9-20)22-16(19-15)18-12-2-4-13(23-21)5-3-12/h2-8,20-21H,9H2,1H3,(H,18,19). The minimum Gasteiger partial charge on any atom is -0.391 e. The molecule has 7 heteroatoms. The number of aromatic nitrogens is 2. The van der Waals surface area contributed by atoms with E-state index >= 15 is 0 Å². The Balaban J connectivity index is 1.89. The van der Waals surface area contributed by atoms with Crippen molar-refractivity contribution in [3.63, 3.8) is 0 Å². The van der Waals surface area contributed by atoms with Gasteiger partial charge in [0.2, 0.25) is 0 Å². The van der Waals surface area contributed by atoms with E-state index in [0.29, 0.717) is 17.2 Å². The highest BCUT2D eigenvalue weighted by atomic mass is 32.2. The smallest absolute Gasteiger partial charge is 0.188 e. The van der Waals surface area contributed by atoms with Crippen LogP contribution < -0.4 is 5.32 Å². The van der Waals surface area contributed by atoms with Gasteiger partial charge in [0.25, 0.3) is 0 Å². The summed E-state index contributed by atoms with van der Waals surface area (Å²) in [5, 5.41) is 13.5. The highest BCUT2D eigenvalue weighted by molar-refractivity contribution is 7.93. The van der Waals surface area contributed by atoms with Crippen LogP contribution in [-0.2, 0) is 6.61 Å². The number of hydrogen-bond donors (Lipinski definition) is 3. The first-order valence-corrected chi connectivity index (χ1v) is 8.50. The average Bonchev–Trinajstić information content (AvgIpc) is 2.98. The van der Waals surface area contributed by atoms with E-state index in [4.69, 9.17) is 4.55 Å². The number of pyridine rings is 1. The second-order valence-electron chi connectivity index (χ2n) is 4.88. The zero-order chi connectivity index (χ0) is 16.2. The number of hydrogen-bond acceptors (Lipinski definition) is 7. The Morgan fingerprint density at radius 3 is 2.65 bits per heavy atom. The van der Waals surface area contributed by atoms with Gasteiger partial charge < -0.3 is 15.0 Å². The van der Waals surface area contributed by atoms with Crippen LogP contribution in [-0.4, -0.2) is 19.6 Å². The summed E-state index contributed by atoms with van der Waals surface area (Å²) in [7, 11) is 0. The van der Waals surface area contributed by atoms with Crippen LogP contribution in [0.25, 0.3) is 11.3 Å². The number of aliphatic hydroxyl groups is 1. The number of aliphatic hydroxyl groups excluding tert-OH is 1. The van der Waals surface area contributed by atoms with Crippen LogP contribution in [0, 0.1) is 6.92 Å². The molecule has 0 spiro atoms. The summed E-state index contributed by atoms with van der Waals surface area (Å²) in [6, 6.07) is 11.2. The molecule has 0 amide bonds. The molecule has 1 aromatic carbocycles. The Morgan fingerprint density at radius 2 is 2.00 bits per heavy atom. The van der Waals surface area contributed by atoms with Crippen LogP contribution in [0.1, 0.15) is 10.6 Å². The average molecular weight is 345 g/mol. The van der Waals surface area contributed by atoms with E-state index in [1.807, 2.05) is 43.3 Å². The van der Waals surface area contributed by atoms with E-state index in [1.54, 1.807) is 6.20 Å². The Bertz CT molecular complexity index is 803. The molecule has 23 heavy (non-hydrogen) atoms. The SMILES string of the molecule is Cc1cc(-c2nc(Nc3ccc(SO)cc3)sc2CO)ccn1. The highest BCUT2D eigenvalue weighted by Gasteiger charge is 2.13. The van der Waals surface area contributed by atoms with Crippen LogP contribution >= 0.6 is 23.4 Å². The molecule has 0 saturated heterocycles. The summed E-state index contributed by atoms with van der Waals surface area (Å²) in [4.78, 5) is 10.4. The molecule has 0 aliphatic heterocycles. The van der Waals surface area contributed by atoms with Crippen molar-refractivity contribution in [2.75, 3.05) is 5.32 Å². The third-order valence-corrected chi connectivity index (χ3v) is 4.66. The molecule has 0 atom stereocenters. The summed E-state index contributed by atoms with van der Waals surface area (Å²) in [5.41, 5.74) is 3.50. The fraction of sp³-hybridized carbons (Fsp3) is 0.125. The first-order valence-electron chi connectivity index (χ1n) is 6.91. The molecule has 3 N–H and O–H groups in total. The molecule has 0 unspecified atom stereocenters. The highest BCUT2D eigenvalue weighted by Crippen LogP contribution is 2.33. The fourth-order valence-corrected chi connectivity index (χ4v) is 3.28. The van der Waals surface area contributed by atoms with E-state index in [-0.39, 0.29) is 6.61 Å². The van der Waals surface area contributed by atoms with Crippen molar-refractivity contribution in [1.82, 2.24) is 9.97 Å². The summed E-state index contributed by atoms with van der Waals surface area (Å²) < 4.78 is 8.99. The third-order valence-electron chi connectivity index (χ3n) is 3.22. The quantitative estimate of drug-likeness (QED) is 0.598. The van der Waals surface area contributed by atoms with Crippen molar-refractivity contribution in [3.8, 4) is 11.3 Å². The van der Waals surface area contributed by atoms with Crippen LogP contribution in [0.5, 0.6) is 0 Å². The minimum absolute atomic E-state index is 0.0594. The molecule has 0 aliphatic rings. The lowest BCUT2D eigenvalue weighted by Gasteiger charge is -2.03. The van der Waals surface area contributed by atoms with Gasteiger partial charge in [-0.05, 0) is 43.3 Å². The normalized spacial score (nSPS) is 10.7. The molecule has 118 valence electrons. The zero-order valence-electron chi connectivity index (χ0n) is 12.4. The lowest BCUT2D eigenvalue weighted by atomic mass is 10.1. The maximum Gasteiger partial charge on any atom is 0.188 e. The van der Waals surface area contributed by atoms with Crippen molar-refractivity contribution in [2.45, 2.75) is 18.4 Å². The van der Waals surface area contributed by atoms with Gasteiger partial charge >= 0.3 is 0 Å². The van der Waals surface area contributed by atoms with Gasteiger partial charge in [-0.2, -0.15) is 0 Å². The number of thiazole rings is 1. The largest absolute Gasteiger partial charge is 0.391 e. The van der Waals surface area contributed by atoms with Crippen LogP contribution in [0.3, 0.4) is 0 Å². The molecule has 3 rings (SSSR count). The van der Waals surface area contributed by atoms with Gasteiger partial charge in [0.15, 0.2) is 5.13 Å². The monoisotopic (exact) mass is 345 g/mol. The molecule has 2 aromatic heterocycles. The zero-order valence-corrected chi connectivity index (χ0v) is 14.0. The maximum atomic E-state index is 9.59. The van der Waals surface area contributed by atoms with Crippen molar-refractivity contribution in [3.05, 3.63) is 53.2 Å². The topological polar surface area (TPSA) is 78.3 Å². The Morgan fingerprint density at radius 1 is 1.22 bits per heavy atom. The van der Waals surface area contributed by atoms with Crippen molar-refractivity contribution in [2.24, 2.45) is 0 Å². The summed E-state index contributed by atoms with van der Waals surface area (Å²) >= 11 is 2.13. The van der Waals surface area contributed by atoms with Gasteiger partial charge in [0.05, 0.1) is 17.2 Å². The summed E-state index contributed by atoms with van der Waals surface area (Å²) in [6.45, 7) is 1.87. The van der Waals surface area contributed by atoms with Gasteiger partial charge in [0, 0.05) is 40.1 Å². The molecule has 0 aliphatic carbocycles. The van der Waals surface area contributed by atoms with Crippen LogP contribution in [0.2, 0.25) is 0 Å². The second kappa shape index (κ2) is 7.10. The van der Waals surface area contributed by atoms with Gasteiger partial charge in [0.1, 0.15) is 0 Å². The van der Waals surface area contributed by atoms with E-state index in [2.05, 4.69) is 15.3 Å². The second-order valence-corrected chi connectivity index (χ2v) is 6.61. The van der Waals surface area contributed by atoms with Gasteiger partial charge in [-0.1, -0.05) is 11.3 Å². The molecule has 0 saturated carbocycles. The predicted octanol–water partition coefficient (Wildman–Crippen LogP) is 4.31. The third kappa shape index (κ3) is 3.70. The molecular formula is C16H15N3O2S2. The number of rotatable bonds is 5. The van der Waals surface area contributed by atoms with E-state index < -0.39 is 0 Å². The Labute approximate surface area is 142 Å². The number of aryl methyl sites for hydroxylation is 1. The summed E-state index contributed by atoms with van der Waals surface area (Å²) in [5.74, 6) is 0. The number of nitrogens with one attached hydrogen (secondary N) is 1. The summed E-state index contributed by atoms with van der Waals surface area (Å²) in [6.07, 6.45) is 1.74. The molecular weight excluding hydrogens is 330 g/mol. The van der Waals surface area contributed by atoms with Gasteiger partial charge in [-0.3, -0.25) is 4.98 Å². The van der Waals surface area contributed by atoms with Gasteiger partial charge in [-0.15, -0.1) is 0 Å². The maximum absolute atomic E-state index is 9.59. The Kier molecular flexibility index (Phi) is 4.92. The van der Waals surface area contributed by atoms with Crippen LogP contribution in [0.15, 0.2) is 47.5 Å². The fourth-order valence-electron chi connectivity index (χ4n) is 2.15. The molecule has 0 radical (unpaired) electrons. The number of anilines is 2.